The van der Waals surface area contributed by atoms with Crippen molar-refractivity contribution in [2.75, 3.05) is 0 Å². The second-order valence-corrected chi connectivity index (χ2v) is 8.83. The molecule has 2 aromatic carbocycles. The Morgan fingerprint density at radius 3 is 1.85 bits per heavy atom. The number of nitriles is 1. The highest BCUT2D eigenvalue weighted by molar-refractivity contribution is 6.14. The zero-order valence-electron chi connectivity index (χ0n) is 16.9. The molecule has 0 aliphatic rings. The van der Waals surface area contributed by atoms with Crippen molar-refractivity contribution in [3.05, 3.63) is 70.3 Å². The summed E-state index contributed by atoms with van der Waals surface area (Å²) in [4.78, 5) is 12.7. The number of Topliss-reactive ketones (excluding diaryl/α,β-unsaturated/α-hetero) is 1. The van der Waals surface area contributed by atoms with Crippen LogP contribution in [0.4, 0.5) is 0 Å². The van der Waals surface area contributed by atoms with Crippen molar-refractivity contribution >= 4 is 11.9 Å². The van der Waals surface area contributed by atoms with Crippen LogP contribution in [0.2, 0.25) is 0 Å². The minimum absolute atomic E-state index is 0.0756. The predicted octanol–water partition coefficient (Wildman–Crippen LogP) is 5.78. The van der Waals surface area contributed by atoms with Crippen LogP contribution in [0.15, 0.2) is 48.0 Å². The molecule has 0 unspecified atom stereocenters. The molecule has 0 heterocycles. The first-order valence-corrected chi connectivity index (χ1v) is 9.04. The van der Waals surface area contributed by atoms with E-state index in [4.69, 9.17) is 0 Å². The lowest BCUT2D eigenvalue weighted by Gasteiger charge is -2.28. The summed E-state index contributed by atoms with van der Waals surface area (Å²) in [6.45, 7) is 12.2. The molecule has 0 atom stereocenters. The summed E-state index contributed by atoms with van der Waals surface area (Å²) in [6, 6.07) is 14.5. The van der Waals surface area contributed by atoms with Gasteiger partial charge in [-0.2, -0.15) is 5.26 Å². The van der Waals surface area contributed by atoms with Crippen LogP contribution in [0, 0.1) is 11.3 Å². The van der Waals surface area contributed by atoms with Gasteiger partial charge >= 0.3 is 0 Å². The second-order valence-electron chi connectivity index (χ2n) is 8.83. The Morgan fingerprint density at radius 1 is 0.963 bits per heavy atom. The quantitative estimate of drug-likeness (QED) is 0.428. The third-order valence-electron chi connectivity index (χ3n) is 4.46. The molecule has 1 N–H and O–H groups in total. The van der Waals surface area contributed by atoms with E-state index in [2.05, 4.69) is 0 Å². The van der Waals surface area contributed by atoms with E-state index in [0.717, 1.165) is 16.7 Å². The zero-order valence-corrected chi connectivity index (χ0v) is 16.9. The highest BCUT2D eigenvalue weighted by atomic mass is 16.3. The summed E-state index contributed by atoms with van der Waals surface area (Å²) in [7, 11) is 0. The Kier molecular flexibility index (Phi) is 5.61. The van der Waals surface area contributed by atoms with E-state index in [1.54, 1.807) is 30.3 Å². The number of carbonyl (C=O) groups is 1. The van der Waals surface area contributed by atoms with Gasteiger partial charge in [0.05, 0.1) is 0 Å². The number of hydrogen-bond donors (Lipinski definition) is 1. The van der Waals surface area contributed by atoms with Crippen molar-refractivity contribution < 1.29 is 9.90 Å². The molecule has 3 nitrogen and oxygen atoms in total. The molecule has 0 saturated carbocycles. The van der Waals surface area contributed by atoms with Crippen LogP contribution < -0.4 is 0 Å². The van der Waals surface area contributed by atoms with Gasteiger partial charge in [-0.15, -0.1) is 0 Å². The number of carbonyl (C=O) groups excluding carboxylic acids is 1. The van der Waals surface area contributed by atoms with Crippen LogP contribution in [0.1, 0.15) is 68.6 Å². The van der Waals surface area contributed by atoms with E-state index < -0.39 is 0 Å². The fourth-order valence-electron chi connectivity index (χ4n) is 2.94. The second kappa shape index (κ2) is 7.40. The van der Waals surface area contributed by atoms with Gasteiger partial charge < -0.3 is 5.11 Å². The smallest absolute Gasteiger partial charge is 0.203 e. The number of hydrogen-bond acceptors (Lipinski definition) is 3. The number of rotatable bonds is 3. The van der Waals surface area contributed by atoms with Crippen LogP contribution in [0.3, 0.4) is 0 Å². The lowest BCUT2D eigenvalue weighted by molar-refractivity contribution is 0.104. The summed E-state index contributed by atoms with van der Waals surface area (Å²) < 4.78 is 0. The third-order valence-corrected chi connectivity index (χ3v) is 4.46. The first-order chi connectivity index (χ1) is 12.4. The van der Waals surface area contributed by atoms with Crippen molar-refractivity contribution in [3.8, 4) is 11.8 Å². The predicted molar refractivity (Wildman–Crippen MR) is 110 cm³/mol. The molecular weight excluding hydrogens is 334 g/mol. The number of ketones is 1. The average Bonchev–Trinajstić information content (AvgIpc) is 2.59. The molecule has 0 radical (unpaired) electrons. The van der Waals surface area contributed by atoms with Crippen LogP contribution in [0.5, 0.6) is 5.75 Å². The number of nitrogens with zero attached hydrogens (tertiary/aromatic N) is 1. The highest BCUT2D eigenvalue weighted by Crippen LogP contribution is 2.40. The fourth-order valence-corrected chi connectivity index (χ4v) is 2.94. The Hall–Kier alpha value is -2.86. The number of phenols is 1. The Morgan fingerprint density at radius 2 is 1.44 bits per heavy atom. The summed E-state index contributed by atoms with van der Waals surface area (Å²) in [5, 5.41) is 20.4. The molecule has 0 fully saturated rings. The Bertz CT molecular complexity index is 883. The van der Waals surface area contributed by atoms with Gasteiger partial charge in [-0.3, -0.25) is 4.79 Å². The SMILES string of the molecule is CC(C)(C)c1cc(/C=C(\C#N)C(=O)c2ccccc2)cc(C(C)(C)C)c1O. The maximum Gasteiger partial charge on any atom is 0.203 e. The molecule has 0 spiro atoms. The molecule has 0 aliphatic heterocycles. The van der Waals surface area contributed by atoms with Gasteiger partial charge in [0, 0.05) is 16.7 Å². The van der Waals surface area contributed by atoms with Crippen molar-refractivity contribution in [2.45, 2.75) is 52.4 Å². The third kappa shape index (κ3) is 4.65. The minimum atomic E-state index is -0.305. The summed E-state index contributed by atoms with van der Waals surface area (Å²) in [6.07, 6.45) is 1.61. The highest BCUT2D eigenvalue weighted by Gasteiger charge is 2.26. The van der Waals surface area contributed by atoms with Gasteiger partial charge in [0.25, 0.3) is 0 Å². The van der Waals surface area contributed by atoms with E-state index in [1.165, 1.54) is 0 Å². The lowest BCUT2D eigenvalue weighted by Crippen LogP contribution is -2.17. The van der Waals surface area contributed by atoms with Crippen molar-refractivity contribution in [2.24, 2.45) is 0 Å². The molecular formula is C24H27NO2. The van der Waals surface area contributed by atoms with E-state index in [1.807, 2.05) is 65.8 Å². The Balaban J connectivity index is 2.65. The van der Waals surface area contributed by atoms with Crippen molar-refractivity contribution in [1.29, 1.82) is 5.26 Å². The number of aromatic hydroxyl groups is 1. The topological polar surface area (TPSA) is 61.1 Å². The summed E-state index contributed by atoms with van der Waals surface area (Å²) in [5.41, 5.74) is 2.34. The molecule has 3 heteroatoms. The first-order valence-electron chi connectivity index (χ1n) is 9.04. The molecule has 0 saturated heterocycles. The number of allylic oxidation sites excluding steroid dienone is 1. The van der Waals surface area contributed by atoms with Crippen molar-refractivity contribution in [3.63, 3.8) is 0 Å². The summed E-state index contributed by atoms with van der Waals surface area (Å²) >= 11 is 0. The lowest BCUT2D eigenvalue weighted by atomic mass is 9.78. The molecule has 0 aliphatic carbocycles. The largest absolute Gasteiger partial charge is 0.507 e. The van der Waals surface area contributed by atoms with E-state index >= 15 is 0 Å². The van der Waals surface area contributed by atoms with Gasteiger partial charge in [0.15, 0.2) is 0 Å². The van der Waals surface area contributed by atoms with Crippen LogP contribution in [0.25, 0.3) is 6.08 Å². The van der Waals surface area contributed by atoms with Gasteiger partial charge in [-0.25, -0.2) is 0 Å². The molecule has 0 bridgehead atoms. The van der Waals surface area contributed by atoms with E-state index in [-0.39, 0.29) is 27.9 Å². The van der Waals surface area contributed by atoms with E-state index in [9.17, 15) is 15.2 Å². The zero-order chi connectivity index (χ0) is 20.4. The summed E-state index contributed by atoms with van der Waals surface area (Å²) in [5.74, 6) is -0.0270. The molecule has 0 amide bonds. The maximum absolute atomic E-state index is 12.7. The normalized spacial score (nSPS) is 12.6. The maximum atomic E-state index is 12.7. The number of benzene rings is 2. The average molecular weight is 361 g/mol. The molecule has 27 heavy (non-hydrogen) atoms. The van der Waals surface area contributed by atoms with Crippen LogP contribution in [-0.2, 0) is 10.8 Å². The fraction of sp³-hybridized carbons (Fsp3) is 0.333. The molecule has 140 valence electrons. The minimum Gasteiger partial charge on any atom is -0.507 e. The van der Waals surface area contributed by atoms with Gasteiger partial charge in [-0.1, -0.05) is 71.9 Å². The van der Waals surface area contributed by atoms with Gasteiger partial charge in [-0.05, 0) is 34.6 Å². The van der Waals surface area contributed by atoms with Gasteiger partial charge in [0.2, 0.25) is 5.78 Å². The van der Waals surface area contributed by atoms with Crippen LogP contribution >= 0.6 is 0 Å². The molecule has 2 aromatic rings. The number of phenolic OH excluding ortho intramolecular Hbond substituents is 1. The standard InChI is InChI=1S/C24H27NO2/c1-23(2,3)19-13-16(14-20(22(19)27)24(4,5)6)12-18(15-25)21(26)17-10-8-7-9-11-17/h7-14,27H,1-6H3/b18-12+. The first kappa shape index (κ1) is 20.5. The molecule has 2 rings (SSSR count). The van der Waals surface area contributed by atoms with Crippen molar-refractivity contribution in [1.82, 2.24) is 0 Å². The Labute approximate surface area is 162 Å². The van der Waals surface area contributed by atoms with Crippen LogP contribution in [-0.4, -0.2) is 10.9 Å². The van der Waals surface area contributed by atoms with E-state index in [0.29, 0.717) is 5.56 Å². The van der Waals surface area contributed by atoms with Gasteiger partial charge in [0.1, 0.15) is 17.4 Å². The molecule has 0 aromatic heterocycles. The monoisotopic (exact) mass is 361 g/mol.